The van der Waals surface area contributed by atoms with E-state index in [4.69, 9.17) is 9.47 Å². The minimum atomic E-state index is -1.27. The quantitative estimate of drug-likeness (QED) is 0.620. The maximum Gasteiger partial charge on any atom is 0.326 e. The number of hydrogen-bond donors (Lipinski definition) is 0. The Labute approximate surface area is 112 Å². The zero-order chi connectivity index (χ0) is 14.1. The van der Waals surface area contributed by atoms with Crippen LogP contribution in [0.25, 0.3) is 0 Å². The second-order valence-electron chi connectivity index (χ2n) is 5.26. The molecular weight excluding hydrogens is 244 g/mol. The third kappa shape index (κ3) is 2.48. The molecule has 0 aromatic heterocycles. The van der Waals surface area contributed by atoms with Crippen LogP contribution in [-0.2, 0) is 25.5 Å². The van der Waals surface area contributed by atoms with Crippen molar-refractivity contribution in [2.75, 3.05) is 0 Å². The van der Waals surface area contributed by atoms with E-state index in [1.807, 2.05) is 30.3 Å². The van der Waals surface area contributed by atoms with E-state index >= 15 is 0 Å². The zero-order valence-corrected chi connectivity index (χ0v) is 11.4. The maximum atomic E-state index is 12.2. The fourth-order valence-corrected chi connectivity index (χ4v) is 2.01. The van der Waals surface area contributed by atoms with E-state index in [-0.39, 0.29) is 6.42 Å². The summed E-state index contributed by atoms with van der Waals surface area (Å²) >= 11 is 0. The molecule has 1 fully saturated rings. The summed E-state index contributed by atoms with van der Waals surface area (Å²) in [4.78, 5) is 24.4. The van der Waals surface area contributed by atoms with E-state index < -0.39 is 23.1 Å². The van der Waals surface area contributed by atoms with Gasteiger partial charge in [0.1, 0.15) is 0 Å². The van der Waals surface area contributed by atoms with Crippen molar-refractivity contribution in [1.82, 2.24) is 0 Å². The van der Waals surface area contributed by atoms with Gasteiger partial charge >= 0.3 is 11.9 Å². The molecule has 0 aliphatic carbocycles. The predicted octanol–water partition coefficient (Wildman–Crippen LogP) is 2.46. The monoisotopic (exact) mass is 262 g/mol. The van der Waals surface area contributed by atoms with E-state index in [2.05, 4.69) is 0 Å². The van der Waals surface area contributed by atoms with Gasteiger partial charge in [0.25, 0.3) is 5.79 Å². The predicted molar refractivity (Wildman–Crippen MR) is 69.1 cm³/mol. The van der Waals surface area contributed by atoms with Gasteiger partial charge in [-0.25, -0.2) is 0 Å². The van der Waals surface area contributed by atoms with E-state index in [0.29, 0.717) is 6.42 Å². The van der Waals surface area contributed by atoms with Crippen LogP contribution in [0.5, 0.6) is 0 Å². The molecule has 0 bridgehead atoms. The minimum absolute atomic E-state index is 0.283. The lowest BCUT2D eigenvalue weighted by atomic mass is 9.82. The molecule has 0 unspecified atom stereocenters. The molecule has 0 N–H and O–H groups in total. The van der Waals surface area contributed by atoms with Crippen LogP contribution in [0.4, 0.5) is 0 Å². The summed E-state index contributed by atoms with van der Waals surface area (Å²) < 4.78 is 10.6. The molecule has 1 aliphatic rings. The highest BCUT2D eigenvalue weighted by molar-refractivity contribution is 6.01. The summed E-state index contributed by atoms with van der Waals surface area (Å²) in [7, 11) is 0. The van der Waals surface area contributed by atoms with Crippen molar-refractivity contribution in [3.8, 4) is 0 Å². The Balaban J connectivity index is 2.24. The van der Waals surface area contributed by atoms with Crippen LogP contribution in [0.3, 0.4) is 0 Å². The molecule has 0 saturated carbocycles. The number of esters is 2. The van der Waals surface area contributed by atoms with Crippen LogP contribution >= 0.6 is 0 Å². The number of carbonyl (C=O) groups is 2. The SMILES string of the molecule is CCC1(C)OC(=O)C(C)(Cc2ccccc2)C(=O)O1. The lowest BCUT2D eigenvalue weighted by Crippen LogP contribution is -2.54. The van der Waals surface area contributed by atoms with Crippen LogP contribution in [0, 0.1) is 5.41 Å². The van der Waals surface area contributed by atoms with Gasteiger partial charge in [-0.2, -0.15) is 0 Å². The van der Waals surface area contributed by atoms with Crippen molar-refractivity contribution in [3.05, 3.63) is 35.9 Å². The first-order chi connectivity index (χ1) is 8.89. The highest BCUT2D eigenvalue weighted by Crippen LogP contribution is 2.36. The van der Waals surface area contributed by atoms with E-state index in [0.717, 1.165) is 5.56 Å². The molecular formula is C15H18O4. The Kier molecular flexibility index (Phi) is 3.35. The molecule has 0 radical (unpaired) electrons. The fraction of sp³-hybridized carbons (Fsp3) is 0.467. The molecule has 0 amide bonds. The van der Waals surface area contributed by atoms with Gasteiger partial charge in [0.15, 0.2) is 5.41 Å². The average Bonchev–Trinajstić information content (AvgIpc) is 2.38. The smallest absolute Gasteiger partial charge is 0.326 e. The van der Waals surface area contributed by atoms with Gasteiger partial charge in [-0.15, -0.1) is 0 Å². The van der Waals surface area contributed by atoms with Crippen LogP contribution in [0.1, 0.15) is 32.8 Å². The van der Waals surface area contributed by atoms with E-state index in [9.17, 15) is 9.59 Å². The summed E-state index contributed by atoms with van der Waals surface area (Å²) in [6.45, 7) is 4.98. The minimum Gasteiger partial charge on any atom is -0.422 e. The van der Waals surface area contributed by atoms with Crippen molar-refractivity contribution in [3.63, 3.8) is 0 Å². The molecule has 4 heteroatoms. The number of ether oxygens (including phenoxy) is 2. The summed E-state index contributed by atoms with van der Waals surface area (Å²) in [5.41, 5.74) is -0.366. The van der Waals surface area contributed by atoms with Crippen LogP contribution < -0.4 is 0 Å². The van der Waals surface area contributed by atoms with Crippen molar-refractivity contribution in [1.29, 1.82) is 0 Å². The Morgan fingerprint density at radius 3 is 2.00 bits per heavy atom. The van der Waals surface area contributed by atoms with Crippen molar-refractivity contribution < 1.29 is 19.1 Å². The molecule has 1 aromatic rings. The number of rotatable bonds is 3. The molecule has 19 heavy (non-hydrogen) atoms. The molecule has 2 rings (SSSR count). The molecule has 0 atom stereocenters. The van der Waals surface area contributed by atoms with Gasteiger partial charge < -0.3 is 9.47 Å². The summed E-state index contributed by atoms with van der Waals surface area (Å²) in [5.74, 6) is -2.17. The third-order valence-electron chi connectivity index (χ3n) is 3.56. The maximum absolute atomic E-state index is 12.2. The first-order valence-corrected chi connectivity index (χ1v) is 6.40. The van der Waals surface area contributed by atoms with Crippen molar-refractivity contribution in [2.45, 2.75) is 39.4 Å². The zero-order valence-electron chi connectivity index (χ0n) is 11.4. The van der Waals surface area contributed by atoms with Gasteiger partial charge in [0, 0.05) is 13.3 Å². The highest BCUT2D eigenvalue weighted by atomic mass is 16.7. The van der Waals surface area contributed by atoms with Gasteiger partial charge in [-0.3, -0.25) is 9.59 Å². The van der Waals surface area contributed by atoms with Crippen LogP contribution in [0.15, 0.2) is 30.3 Å². The first-order valence-electron chi connectivity index (χ1n) is 6.40. The van der Waals surface area contributed by atoms with Gasteiger partial charge in [0.2, 0.25) is 0 Å². The average molecular weight is 262 g/mol. The van der Waals surface area contributed by atoms with Gasteiger partial charge in [-0.1, -0.05) is 37.3 Å². The number of cyclic esters (lactones) is 2. The first kappa shape index (κ1) is 13.6. The number of hydrogen-bond acceptors (Lipinski definition) is 4. The third-order valence-corrected chi connectivity index (χ3v) is 3.56. The molecule has 102 valence electrons. The second-order valence-corrected chi connectivity index (χ2v) is 5.26. The van der Waals surface area contributed by atoms with Crippen molar-refractivity contribution >= 4 is 11.9 Å². The van der Waals surface area contributed by atoms with Gasteiger partial charge in [-0.05, 0) is 18.9 Å². The Hall–Kier alpha value is -1.84. The molecule has 1 heterocycles. The lowest BCUT2D eigenvalue weighted by Gasteiger charge is -2.39. The summed E-state index contributed by atoms with van der Waals surface area (Å²) in [6.07, 6.45) is 0.719. The Morgan fingerprint density at radius 1 is 1.00 bits per heavy atom. The number of carbonyl (C=O) groups excluding carboxylic acids is 2. The molecule has 4 nitrogen and oxygen atoms in total. The number of benzene rings is 1. The van der Waals surface area contributed by atoms with E-state index in [1.54, 1.807) is 20.8 Å². The lowest BCUT2D eigenvalue weighted by molar-refractivity contribution is -0.256. The summed E-state index contributed by atoms with van der Waals surface area (Å²) in [5, 5.41) is 0. The Morgan fingerprint density at radius 2 is 1.53 bits per heavy atom. The second kappa shape index (κ2) is 4.68. The molecule has 0 spiro atoms. The molecule has 1 aliphatic heterocycles. The largest absolute Gasteiger partial charge is 0.422 e. The molecule has 1 aromatic carbocycles. The normalized spacial score (nSPS) is 30.7. The standard InChI is InChI=1S/C15H18O4/c1-4-15(3)18-12(16)14(2,13(17)19-15)10-11-8-6-5-7-9-11/h5-9H,4,10H2,1-3H3. The topological polar surface area (TPSA) is 52.6 Å². The van der Waals surface area contributed by atoms with Crippen LogP contribution in [0.2, 0.25) is 0 Å². The van der Waals surface area contributed by atoms with Crippen LogP contribution in [-0.4, -0.2) is 17.7 Å². The molecule has 1 saturated heterocycles. The highest BCUT2D eigenvalue weighted by Gasteiger charge is 2.53. The Bertz CT molecular complexity index is 474. The van der Waals surface area contributed by atoms with Crippen molar-refractivity contribution in [2.24, 2.45) is 5.41 Å². The fourth-order valence-electron chi connectivity index (χ4n) is 2.01. The van der Waals surface area contributed by atoms with E-state index in [1.165, 1.54) is 0 Å². The summed E-state index contributed by atoms with van der Waals surface area (Å²) in [6, 6.07) is 9.37. The van der Waals surface area contributed by atoms with Gasteiger partial charge in [0.05, 0.1) is 0 Å².